The average Bonchev–Trinajstić information content (AvgIpc) is 3.29. The van der Waals surface area contributed by atoms with E-state index in [-0.39, 0.29) is 10.5 Å². The fraction of sp³-hybridized carbons (Fsp3) is 0.167. The molecule has 11 heteroatoms. The summed E-state index contributed by atoms with van der Waals surface area (Å²) in [5, 5.41) is 14.3. The number of amides is 1. The topological polar surface area (TPSA) is 119 Å². The number of aryl methyl sites for hydroxylation is 2. The normalized spacial score (nSPS) is 11.2. The number of hydrogen-bond acceptors (Lipinski definition) is 7. The maximum absolute atomic E-state index is 13.4. The second-order valence-electron chi connectivity index (χ2n) is 7.78. The Balaban J connectivity index is 1.63. The lowest BCUT2D eigenvalue weighted by Crippen LogP contribution is -2.27. The molecule has 0 fully saturated rings. The third kappa shape index (κ3) is 4.71. The number of nitrogens with one attached hydrogen (secondary N) is 1. The first-order valence-electron chi connectivity index (χ1n) is 10.6. The molecule has 35 heavy (non-hydrogen) atoms. The molecule has 180 valence electrons. The van der Waals surface area contributed by atoms with E-state index in [1.54, 1.807) is 62.5 Å². The second kappa shape index (κ2) is 9.55. The Hall–Kier alpha value is -4.25. The van der Waals surface area contributed by atoms with Crippen LogP contribution in [0.5, 0.6) is 5.75 Å². The Morgan fingerprint density at radius 2 is 1.83 bits per heavy atom. The van der Waals surface area contributed by atoms with Crippen molar-refractivity contribution in [3.05, 3.63) is 77.9 Å². The van der Waals surface area contributed by atoms with E-state index in [2.05, 4.69) is 20.8 Å². The van der Waals surface area contributed by atoms with Gasteiger partial charge in [-0.25, -0.2) is 13.1 Å². The summed E-state index contributed by atoms with van der Waals surface area (Å²) in [5.41, 5.74) is 2.51. The number of rotatable bonds is 7. The molecule has 0 atom stereocenters. The van der Waals surface area contributed by atoms with E-state index in [1.165, 1.54) is 31.0 Å². The van der Waals surface area contributed by atoms with Gasteiger partial charge in [-0.1, -0.05) is 30.3 Å². The molecule has 10 nitrogen and oxygen atoms in total. The Labute approximate surface area is 203 Å². The summed E-state index contributed by atoms with van der Waals surface area (Å²) in [6.45, 7) is 1.75. The summed E-state index contributed by atoms with van der Waals surface area (Å²) in [5.74, 6) is 0.527. The molecule has 1 aromatic heterocycles. The van der Waals surface area contributed by atoms with Crippen molar-refractivity contribution in [1.29, 1.82) is 0 Å². The van der Waals surface area contributed by atoms with Crippen LogP contribution in [-0.4, -0.2) is 48.7 Å². The first kappa shape index (κ1) is 23.9. The van der Waals surface area contributed by atoms with Crippen LogP contribution in [0.4, 0.5) is 11.4 Å². The van der Waals surface area contributed by atoms with Crippen LogP contribution in [0.25, 0.3) is 11.4 Å². The van der Waals surface area contributed by atoms with Crippen LogP contribution in [0, 0.1) is 6.92 Å². The van der Waals surface area contributed by atoms with Crippen molar-refractivity contribution in [2.24, 2.45) is 7.05 Å². The molecule has 4 rings (SSSR count). The highest BCUT2D eigenvalue weighted by Gasteiger charge is 2.25. The lowest BCUT2D eigenvalue weighted by Gasteiger charge is -2.22. The zero-order valence-electron chi connectivity index (χ0n) is 19.6. The van der Waals surface area contributed by atoms with E-state index in [0.717, 1.165) is 9.87 Å². The first-order chi connectivity index (χ1) is 16.7. The fourth-order valence-electron chi connectivity index (χ4n) is 3.59. The van der Waals surface area contributed by atoms with Gasteiger partial charge in [0.05, 0.1) is 17.7 Å². The second-order valence-corrected chi connectivity index (χ2v) is 9.75. The average molecular weight is 493 g/mol. The number of ether oxygens (including phenoxy) is 1. The molecular formula is C24H24N6O4S. The summed E-state index contributed by atoms with van der Waals surface area (Å²) in [4.78, 5) is 13.1. The smallest absolute Gasteiger partial charge is 0.264 e. The molecule has 1 N–H and O–H groups in total. The molecule has 1 amide bonds. The Kier molecular flexibility index (Phi) is 6.52. The Morgan fingerprint density at radius 1 is 1.06 bits per heavy atom. The van der Waals surface area contributed by atoms with Gasteiger partial charge in [-0.15, -0.1) is 5.10 Å². The number of benzene rings is 3. The molecule has 0 saturated carbocycles. The van der Waals surface area contributed by atoms with Gasteiger partial charge >= 0.3 is 0 Å². The van der Waals surface area contributed by atoms with E-state index in [1.807, 2.05) is 6.07 Å². The van der Waals surface area contributed by atoms with Crippen molar-refractivity contribution in [1.82, 2.24) is 20.2 Å². The lowest BCUT2D eigenvalue weighted by atomic mass is 10.1. The minimum Gasteiger partial charge on any atom is -0.495 e. The zero-order chi connectivity index (χ0) is 25.2. The predicted molar refractivity (Wildman–Crippen MR) is 132 cm³/mol. The highest BCUT2D eigenvalue weighted by Crippen LogP contribution is 2.31. The molecule has 0 spiro atoms. The van der Waals surface area contributed by atoms with Gasteiger partial charge in [0.1, 0.15) is 5.75 Å². The van der Waals surface area contributed by atoms with Gasteiger partial charge in [0.15, 0.2) is 5.82 Å². The van der Waals surface area contributed by atoms with Crippen LogP contribution in [-0.2, 0) is 17.1 Å². The SMILES string of the molecule is COc1ccccc1N(C)S(=O)(=O)c1ccc(C)c(C(=O)Nc2cccc(-c3nnnn3C)c2)c1. The van der Waals surface area contributed by atoms with E-state index in [0.29, 0.717) is 28.5 Å². The number of methoxy groups -OCH3 is 1. The third-order valence-corrected chi connectivity index (χ3v) is 7.30. The maximum atomic E-state index is 13.4. The predicted octanol–water partition coefficient (Wildman–Crippen LogP) is 3.27. The lowest BCUT2D eigenvalue weighted by molar-refractivity contribution is 0.102. The number of tetrazole rings is 1. The van der Waals surface area contributed by atoms with Crippen LogP contribution < -0.4 is 14.4 Å². The van der Waals surface area contributed by atoms with Crippen LogP contribution in [0.2, 0.25) is 0 Å². The number of aromatic nitrogens is 4. The van der Waals surface area contributed by atoms with Crippen molar-refractivity contribution >= 4 is 27.3 Å². The van der Waals surface area contributed by atoms with Crippen LogP contribution in [0.15, 0.2) is 71.6 Å². The standard InChI is InChI=1S/C24H24N6O4S/c1-16-12-13-19(35(32,33)30(3)21-10-5-6-11-22(21)34-4)15-20(16)24(31)25-18-9-7-8-17(14-18)23-26-27-28-29(23)2/h5-15H,1-4H3,(H,25,31). The largest absolute Gasteiger partial charge is 0.495 e. The van der Waals surface area contributed by atoms with Crippen molar-refractivity contribution < 1.29 is 17.9 Å². The summed E-state index contributed by atoms with van der Waals surface area (Å²) in [6.07, 6.45) is 0. The van der Waals surface area contributed by atoms with E-state index in [4.69, 9.17) is 4.74 Å². The van der Waals surface area contributed by atoms with Gasteiger partial charge in [0.2, 0.25) is 0 Å². The molecule has 0 aliphatic heterocycles. The van der Waals surface area contributed by atoms with Gasteiger partial charge in [0, 0.05) is 30.9 Å². The quantitative estimate of drug-likeness (QED) is 0.420. The van der Waals surface area contributed by atoms with Crippen molar-refractivity contribution in [3.8, 4) is 17.1 Å². The number of hydrogen-bond donors (Lipinski definition) is 1. The van der Waals surface area contributed by atoms with Gasteiger partial charge in [-0.05, 0) is 59.3 Å². The molecule has 0 saturated heterocycles. The monoisotopic (exact) mass is 492 g/mol. The first-order valence-corrected chi connectivity index (χ1v) is 12.0. The van der Waals surface area contributed by atoms with E-state index >= 15 is 0 Å². The molecule has 0 radical (unpaired) electrons. The highest BCUT2D eigenvalue weighted by molar-refractivity contribution is 7.92. The summed E-state index contributed by atoms with van der Waals surface area (Å²) in [7, 11) is 0.677. The summed E-state index contributed by atoms with van der Waals surface area (Å²) >= 11 is 0. The van der Waals surface area contributed by atoms with Gasteiger partial charge in [0.25, 0.3) is 15.9 Å². The minimum atomic E-state index is -3.96. The maximum Gasteiger partial charge on any atom is 0.264 e. The van der Waals surface area contributed by atoms with E-state index in [9.17, 15) is 13.2 Å². The Bertz CT molecular complexity index is 1500. The van der Waals surface area contributed by atoms with Crippen molar-refractivity contribution in [2.75, 3.05) is 23.8 Å². The zero-order valence-corrected chi connectivity index (χ0v) is 20.4. The van der Waals surface area contributed by atoms with Crippen molar-refractivity contribution in [3.63, 3.8) is 0 Å². The molecule has 0 bridgehead atoms. The number of carbonyl (C=O) groups is 1. The molecule has 4 aromatic rings. The van der Waals surface area contributed by atoms with E-state index < -0.39 is 15.9 Å². The molecular weight excluding hydrogens is 468 g/mol. The molecule has 1 heterocycles. The highest BCUT2D eigenvalue weighted by atomic mass is 32.2. The number of nitrogens with zero attached hydrogens (tertiary/aromatic N) is 5. The van der Waals surface area contributed by atoms with Gasteiger partial charge in [-0.2, -0.15) is 0 Å². The molecule has 0 aliphatic rings. The number of carbonyl (C=O) groups excluding carboxylic acids is 1. The van der Waals surface area contributed by atoms with Crippen LogP contribution in [0.1, 0.15) is 15.9 Å². The van der Waals surface area contributed by atoms with Crippen molar-refractivity contribution in [2.45, 2.75) is 11.8 Å². The molecule has 0 aliphatic carbocycles. The summed E-state index contributed by atoms with van der Waals surface area (Å²) < 4.78 is 34.7. The van der Waals surface area contributed by atoms with Crippen LogP contribution >= 0.6 is 0 Å². The van der Waals surface area contributed by atoms with Crippen LogP contribution in [0.3, 0.4) is 0 Å². The molecule has 0 unspecified atom stereocenters. The fourth-order valence-corrected chi connectivity index (χ4v) is 4.82. The number of sulfonamides is 1. The number of anilines is 2. The Morgan fingerprint density at radius 3 is 2.54 bits per heavy atom. The molecule has 3 aromatic carbocycles. The third-order valence-electron chi connectivity index (χ3n) is 5.54. The van der Waals surface area contributed by atoms with Gasteiger partial charge in [-0.3, -0.25) is 9.10 Å². The minimum absolute atomic E-state index is 0.0134. The number of para-hydroxylation sites is 2. The summed E-state index contributed by atoms with van der Waals surface area (Å²) in [6, 6.07) is 18.4. The van der Waals surface area contributed by atoms with Gasteiger partial charge < -0.3 is 10.1 Å².